The van der Waals surface area contributed by atoms with Gasteiger partial charge in [0.1, 0.15) is 5.82 Å². The molecule has 94 valence electrons. The maximum atomic E-state index is 11.2. The van der Waals surface area contributed by atoms with Crippen molar-refractivity contribution in [1.82, 2.24) is 14.7 Å². The Morgan fingerprint density at radius 2 is 2.06 bits per heavy atom. The first-order valence-electron chi connectivity index (χ1n) is 5.90. The molecule has 0 atom stereocenters. The first kappa shape index (κ1) is 12.0. The quantitative estimate of drug-likeness (QED) is 0.796. The molecule has 0 aromatic carbocycles. The van der Waals surface area contributed by atoms with Crippen LogP contribution in [0.25, 0.3) is 0 Å². The van der Waals surface area contributed by atoms with Gasteiger partial charge < -0.3 is 10.6 Å². The van der Waals surface area contributed by atoms with Gasteiger partial charge in [-0.25, -0.2) is 0 Å². The second-order valence-electron chi connectivity index (χ2n) is 5.73. The molecule has 5 heteroatoms. The van der Waals surface area contributed by atoms with Crippen molar-refractivity contribution in [2.75, 3.05) is 18.8 Å². The molecule has 2 heterocycles. The molecular weight excluding hydrogens is 216 g/mol. The topological polar surface area (TPSA) is 64.2 Å². The highest BCUT2D eigenvalue weighted by molar-refractivity contribution is 5.74. The number of nitrogen functional groups attached to an aromatic ring is 1. The molecule has 1 fully saturated rings. The summed E-state index contributed by atoms with van der Waals surface area (Å²) >= 11 is 0. The van der Waals surface area contributed by atoms with Crippen LogP contribution in [0, 0.1) is 0 Å². The van der Waals surface area contributed by atoms with Crippen LogP contribution in [0.15, 0.2) is 6.07 Å². The molecule has 1 saturated heterocycles. The molecule has 0 unspecified atom stereocenters. The van der Waals surface area contributed by atoms with Crippen molar-refractivity contribution in [3.05, 3.63) is 11.8 Å². The number of anilines is 1. The highest BCUT2D eigenvalue weighted by Gasteiger charge is 2.34. The Hall–Kier alpha value is -1.52. The normalized spacial score (nSPS) is 17.1. The lowest BCUT2D eigenvalue weighted by atomic mass is 9.91. The third-order valence-electron chi connectivity index (χ3n) is 3.18. The van der Waals surface area contributed by atoms with Gasteiger partial charge >= 0.3 is 0 Å². The Morgan fingerprint density at radius 3 is 2.53 bits per heavy atom. The van der Waals surface area contributed by atoms with Gasteiger partial charge in [0.15, 0.2) is 0 Å². The van der Waals surface area contributed by atoms with Crippen LogP contribution in [0.3, 0.4) is 0 Å². The Bertz CT molecular complexity index is 438. The molecule has 2 N–H and O–H groups in total. The summed E-state index contributed by atoms with van der Waals surface area (Å²) in [6, 6.07) is 2.20. The molecule has 1 aliphatic rings. The van der Waals surface area contributed by atoms with Crippen molar-refractivity contribution in [2.24, 2.45) is 0 Å². The van der Waals surface area contributed by atoms with E-state index in [2.05, 4.69) is 25.9 Å². The van der Waals surface area contributed by atoms with Crippen LogP contribution in [0.5, 0.6) is 0 Å². The molecule has 0 radical (unpaired) electrons. The van der Waals surface area contributed by atoms with Crippen LogP contribution in [0.1, 0.15) is 39.4 Å². The van der Waals surface area contributed by atoms with Gasteiger partial charge in [-0.1, -0.05) is 20.8 Å². The summed E-state index contributed by atoms with van der Waals surface area (Å²) in [4.78, 5) is 13.0. The van der Waals surface area contributed by atoms with E-state index in [9.17, 15) is 4.79 Å². The fourth-order valence-electron chi connectivity index (χ4n) is 2.12. The lowest BCUT2D eigenvalue weighted by Crippen LogP contribution is -2.50. The molecule has 2 rings (SSSR count). The van der Waals surface area contributed by atoms with E-state index in [1.165, 1.54) is 0 Å². The van der Waals surface area contributed by atoms with Gasteiger partial charge in [0.05, 0.1) is 6.04 Å². The molecule has 1 aromatic rings. The van der Waals surface area contributed by atoms with Gasteiger partial charge in [0, 0.05) is 37.2 Å². The zero-order chi connectivity index (χ0) is 12.8. The van der Waals surface area contributed by atoms with Crippen molar-refractivity contribution in [1.29, 1.82) is 0 Å². The molecule has 1 aliphatic heterocycles. The van der Waals surface area contributed by atoms with Gasteiger partial charge in [0.25, 0.3) is 0 Å². The molecule has 1 amide bonds. The van der Waals surface area contributed by atoms with E-state index in [4.69, 9.17) is 5.73 Å². The van der Waals surface area contributed by atoms with E-state index in [1.807, 2.05) is 15.6 Å². The third-order valence-corrected chi connectivity index (χ3v) is 3.18. The van der Waals surface area contributed by atoms with E-state index in [-0.39, 0.29) is 17.4 Å². The number of nitrogens with zero attached hydrogens (tertiary/aromatic N) is 3. The zero-order valence-corrected chi connectivity index (χ0v) is 10.9. The number of hydrogen-bond donors (Lipinski definition) is 1. The van der Waals surface area contributed by atoms with Crippen LogP contribution in [-0.2, 0) is 10.2 Å². The summed E-state index contributed by atoms with van der Waals surface area (Å²) in [5.41, 5.74) is 6.92. The smallest absolute Gasteiger partial charge is 0.219 e. The van der Waals surface area contributed by atoms with Gasteiger partial charge in [-0.15, -0.1) is 0 Å². The number of carbonyl (C=O) groups is 1. The average molecular weight is 236 g/mol. The number of carbonyl (C=O) groups excluding carboxylic acids is 1. The van der Waals surface area contributed by atoms with Crippen LogP contribution in [0.2, 0.25) is 0 Å². The Balaban J connectivity index is 2.20. The lowest BCUT2D eigenvalue weighted by molar-refractivity contribution is -0.134. The van der Waals surface area contributed by atoms with Crippen LogP contribution in [-0.4, -0.2) is 33.7 Å². The van der Waals surface area contributed by atoms with Crippen molar-refractivity contribution in [3.8, 4) is 0 Å². The van der Waals surface area contributed by atoms with Crippen LogP contribution < -0.4 is 5.73 Å². The Morgan fingerprint density at radius 1 is 1.47 bits per heavy atom. The first-order chi connectivity index (χ1) is 7.79. The van der Waals surface area contributed by atoms with E-state index in [0.29, 0.717) is 5.82 Å². The maximum Gasteiger partial charge on any atom is 0.219 e. The Labute approximate surface area is 102 Å². The minimum Gasteiger partial charge on any atom is -0.382 e. The largest absolute Gasteiger partial charge is 0.382 e. The average Bonchev–Trinajstić information content (AvgIpc) is 2.42. The van der Waals surface area contributed by atoms with E-state index in [0.717, 1.165) is 18.8 Å². The summed E-state index contributed by atoms with van der Waals surface area (Å²) in [6.45, 7) is 9.49. The first-order valence-corrected chi connectivity index (χ1v) is 5.90. The van der Waals surface area contributed by atoms with Crippen molar-refractivity contribution in [3.63, 3.8) is 0 Å². The second kappa shape index (κ2) is 3.75. The number of amides is 1. The molecule has 1 aromatic heterocycles. The van der Waals surface area contributed by atoms with Gasteiger partial charge in [-0.3, -0.25) is 9.48 Å². The van der Waals surface area contributed by atoms with Crippen molar-refractivity contribution < 1.29 is 4.79 Å². The second-order valence-corrected chi connectivity index (χ2v) is 5.73. The van der Waals surface area contributed by atoms with Gasteiger partial charge in [0.2, 0.25) is 5.91 Å². The molecular formula is C12H20N4O. The minimum atomic E-state index is 0.0151. The predicted octanol–water partition coefficient (Wildman–Crippen LogP) is 1.17. The molecule has 0 bridgehead atoms. The van der Waals surface area contributed by atoms with Gasteiger partial charge in [-0.2, -0.15) is 5.10 Å². The minimum absolute atomic E-state index is 0.0151. The monoisotopic (exact) mass is 236 g/mol. The van der Waals surface area contributed by atoms with Gasteiger partial charge in [-0.05, 0) is 0 Å². The fourth-order valence-corrected chi connectivity index (χ4v) is 2.12. The van der Waals surface area contributed by atoms with Crippen molar-refractivity contribution >= 4 is 11.7 Å². The van der Waals surface area contributed by atoms with Crippen molar-refractivity contribution in [2.45, 2.75) is 39.2 Å². The number of hydrogen-bond acceptors (Lipinski definition) is 3. The van der Waals surface area contributed by atoms with Crippen LogP contribution >= 0.6 is 0 Å². The number of likely N-dealkylation sites (tertiary alicyclic amines) is 1. The highest BCUT2D eigenvalue weighted by Crippen LogP contribution is 2.30. The SMILES string of the molecule is CC(=O)N1CC(n2nc(N)cc2C(C)(C)C)C1. The van der Waals surface area contributed by atoms with E-state index < -0.39 is 0 Å². The molecule has 5 nitrogen and oxygen atoms in total. The fraction of sp³-hybridized carbons (Fsp3) is 0.667. The standard InChI is InChI=1S/C12H20N4O/c1-8(17)15-6-9(7-15)16-10(12(2,3)4)5-11(13)14-16/h5,9H,6-7H2,1-4H3,(H2,13,14). The summed E-state index contributed by atoms with van der Waals surface area (Å²) in [7, 11) is 0. The number of rotatable bonds is 1. The lowest BCUT2D eigenvalue weighted by Gasteiger charge is -2.40. The zero-order valence-electron chi connectivity index (χ0n) is 10.9. The summed E-state index contributed by atoms with van der Waals surface area (Å²) in [6.07, 6.45) is 0. The molecule has 0 saturated carbocycles. The molecule has 17 heavy (non-hydrogen) atoms. The third kappa shape index (κ3) is 2.14. The number of aromatic nitrogens is 2. The summed E-state index contributed by atoms with van der Waals surface area (Å²) < 4.78 is 1.98. The predicted molar refractivity (Wildman–Crippen MR) is 66.6 cm³/mol. The Kier molecular flexibility index (Phi) is 2.64. The summed E-state index contributed by atoms with van der Waals surface area (Å²) in [5, 5.41) is 4.35. The van der Waals surface area contributed by atoms with E-state index in [1.54, 1.807) is 6.92 Å². The molecule has 0 spiro atoms. The summed E-state index contributed by atoms with van der Waals surface area (Å²) in [5.74, 6) is 0.676. The van der Waals surface area contributed by atoms with Crippen LogP contribution in [0.4, 0.5) is 5.82 Å². The number of nitrogens with two attached hydrogens (primary N) is 1. The maximum absolute atomic E-state index is 11.2. The highest BCUT2D eigenvalue weighted by atomic mass is 16.2. The molecule has 0 aliphatic carbocycles. The van der Waals surface area contributed by atoms with E-state index >= 15 is 0 Å².